The quantitative estimate of drug-likeness (QED) is 0.751. The van der Waals surface area contributed by atoms with Crippen LogP contribution in [0.5, 0.6) is 0 Å². The fourth-order valence-electron chi connectivity index (χ4n) is 2.29. The number of rotatable bonds is 3. The molecule has 20 heavy (non-hydrogen) atoms. The van der Waals surface area contributed by atoms with Crippen molar-refractivity contribution in [1.82, 2.24) is 9.55 Å². The normalized spacial score (nSPS) is 11.1. The molecule has 3 rings (SSSR count). The number of imidazole rings is 1. The molecule has 0 unspecified atom stereocenters. The van der Waals surface area contributed by atoms with Crippen LogP contribution in [0.4, 0.5) is 0 Å². The van der Waals surface area contributed by atoms with Gasteiger partial charge in [0.05, 0.1) is 27.4 Å². The number of fused-ring (bicyclic) bond motifs is 1. The molecule has 0 saturated carbocycles. The first kappa shape index (κ1) is 13.3. The Morgan fingerprint density at radius 2 is 2.10 bits per heavy atom. The van der Waals surface area contributed by atoms with E-state index in [1.54, 1.807) is 11.3 Å². The molecule has 1 aromatic carbocycles. The Bertz CT molecular complexity index is 785. The summed E-state index contributed by atoms with van der Waals surface area (Å²) >= 11 is 6.76. The Balaban J connectivity index is 2.30. The maximum absolute atomic E-state index is 5.75. The van der Waals surface area contributed by atoms with Gasteiger partial charge < -0.3 is 10.3 Å². The van der Waals surface area contributed by atoms with Gasteiger partial charge >= 0.3 is 0 Å². The van der Waals surface area contributed by atoms with Crippen LogP contribution in [0.3, 0.4) is 0 Å². The Kier molecular flexibility index (Phi) is 3.31. The first-order valence-corrected chi connectivity index (χ1v) is 7.64. The molecule has 0 aliphatic heterocycles. The van der Waals surface area contributed by atoms with Gasteiger partial charge in [-0.25, -0.2) is 4.98 Å². The second-order valence-electron chi connectivity index (χ2n) is 4.89. The van der Waals surface area contributed by atoms with Gasteiger partial charge in [-0.3, -0.25) is 0 Å². The highest BCUT2D eigenvalue weighted by molar-refractivity contribution is 7.80. The highest BCUT2D eigenvalue weighted by atomic mass is 32.1. The first-order chi connectivity index (χ1) is 9.56. The second kappa shape index (κ2) is 5.00. The molecule has 5 heteroatoms. The molecule has 2 aromatic heterocycles. The summed E-state index contributed by atoms with van der Waals surface area (Å²) in [6.45, 7) is 4.73. The van der Waals surface area contributed by atoms with Crippen molar-refractivity contribution in [1.29, 1.82) is 0 Å². The van der Waals surface area contributed by atoms with Gasteiger partial charge in [-0.05, 0) is 48.6 Å². The van der Waals surface area contributed by atoms with Crippen molar-refractivity contribution in [3.8, 4) is 10.7 Å². The molecule has 0 atom stereocenters. The van der Waals surface area contributed by atoms with Crippen molar-refractivity contribution < 1.29 is 0 Å². The number of thiocarbonyl (C=S) groups is 1. The summed E-state index contributed by atoms with van der Waals surface area (Å²) in [5.41, 5.74) is 10.3. The number of hydrogen-bond acceptors (Lipinski definition) is 3. The van der Waals surface area contributed by atoms with Crippen molar-refractivity contribution in [3.05, 3.63) is 40.8 Å². The Morgan fingerprint density at radius 1 is 1.35 bits per heavy atom. The summed E-state index contributed by atoms with van der Waals surface area (Å²) in [5.74, 6) is 0.938. The van der Waals surface area contributed by atoms with E-state index < -0.39 is 0 Å². The number of benzene rings is 1. The van der Waals surface area contributed by atoms with E-state index in [0.717, 1.165) is 21.7 Å². The molecular formula is C15H15N3S2. The average molecular weight is 301 g/mol. The number of hydrogen-bond donors (Lipinski definition) is 1. The van der Waals surface area contributed by atoms with E-state index >= 15 is 0 Å². The smallest absolute Gasteiger partial charge is 0.151 e. The fraction of sp³-hybridized carbons (Fsp3) is 0.200. The van der Waals surface area contributed by atoms with E-state index in [4.69, 9.17) is 22.9 Å². The molecule has 0 saturated heterocycles. The van der Waals surface area contributed by atoms with Gasteiger partial charge in [0, 0.05) is 0 Å². The number of thiophene rings is 1. The second-order valence-corrected chi connectivity index (χ2v) is 6.36. The summed E-state index contributed by atoms with van der Waals surface area (Å²) in [6.07, 6.45) is 0. The molecule has 3 aromatic rings. The summed E-state index contributed by atoms with van der Waals surface area (Å²) in [4.78, 5) is 6.37. The highest BCUT2D eigenvalue weighted by Gasteiger charge is 2.14. The maximum Gasteiger partial charge on any atom is 0.151 e. The Morgan fingerprint density at radius 3 is 2.75 bits per heavy atom. The van der Waals surface area contributed by atoms with Crippen LogP contribution in [-0.2, 0) is 6.54 Å². The number of nitrogens with two attached hydrogens (primary N) is 1. The largest absolute Gasteiger partial charge is 0.392 e. The lowest BCUT2D eigenvalue weighted by Crippen LogP contribution is -2.17. The molecule has 2 N–H and O–H groups in total. The van der Waals surface area contributed by atoms with E-state index in [-0.39, 0.29) is 0 Å². The predicted octanol–water partition coefficient (Wildman–Crippen LogP) is 3.67. The molecule has 0 aliphatic rings. The van der Waals surface area contributed by atoms with Crippen LogP contribution in [0.15, 0.2) is 29.6 Å². The van der Waals surface area contributed by atoms with E-state index in [2.05, 4.69) is 42.0 Å². The highest BCUT2D eigenvalue weighted by Crippen LogP contribution is 2.29. The number of aromatic nitrogens is 2. The molecule has 3 nitrogen and oxygen atoms in total. The summed E-state index contributed by atoms with van der Waals surface area (Å²) in [7, 11) is 0. The number of aryl methyl sites for hydroxylation is 2. The molecule has 0 spiro atoms. The minimum Gasteiger partial charge on any atom is -0.392 e. The van der Waals surface area contributed by atoms with E-state index in [1.165, 1.54) is 11.1 Å². The zero-order chi connectivity index (χ0) is 14.3. The third kappa shape index (κ3) is 2.23. The molecule has 0 radical (unpaired) electrons. The SMILES string of the molecule is Cc1cc2nc(-c3cccs3)n(CC(N)=S)c2cc1C. The minimum atomic E-state index is 0.473. The van der Waals surface area contributed by atoms with Crippen LogP contribution in [-0.4, -0.2) is 14.5 Å². The zero-order valence-corrected chi connectivity index (χ0v) is 13.0. The Hall–Kier alpha value is -1.72. The van der Waals surface area contributed by atoms with Gasteiger partial charge in [-0.15, -0.1) is 11.3 Å². The van der Waals surface area contributed by atoms with Crippen LogP contribution < -0.4 is 5.73 Å². The third-order valence-corrected chi connectivity index (χ3v) is 4.41. The predicted molar refractivity (Wildman–Crippen MR) is 89.3 cm³/mol. The van der Waals surface area contributed by atoms with E-state index in [1.807, 2.05) is 6.07 Å². The van der Waals surface area contributed by atoms with Crippen LogP contribution in [0.2, 0.25) is 0 Å². The summed E-state index contributed by atoms with van der Waals surface area (Å²) in [6, 6.07) is 8.38. The van der Waals surface area contributed by atoms with Crippen LogP contribution in [0.1, 0.15) is 11.1 Å². The van der Waals surface area contributed by atoms with Crippen LogP contribution in [0.25, 0.3) is 21.7 Å². The van der Waals surface area contributed by atoms with E-state index in [0.29, 0.717) is 11.5 Å². The lowest BCUT2D eigenvalue weighted by Gasteiger charge is -2.07. The van der Waals surface area contributed by atoms with Crippen LogP contribution in [0, 0.1) is 13.8 Å². The lowest BCUT2D eigenvalue weighted by atomic mass is 10.1. The molecular weight excluding hydrogens is 286 g/mol. The molecule has 0 bridgehead atoms. The summed E-state index contributed by atoms with van der Waals surface area (Å²) < 4.78 is 2.11. The molecule has 0 aliphatic carbocycles. The van der Waals surface area contributed by atoms with Crippen molar-refractivity contribution >= 4 is 39.6 Å². The van der Waals surface area contributed by atoms with Crippen LogP contribution >= 0.6 is 23.6 Å². The number of nitrogens with zero attached hydrogens (tertiary/aromatic N) is 2. The fourth-order valence-corrected chi connectivity index (χ4v) is 3.14. The minimum absolute atomic E-state index is 0.473. The van der Waals surface area contributed by atoms with Gasteiger partial charge in [-0.2, -0.15) is 0 Å². The van der Waals surface area contributed by atoms with Crippen molar-refractivity contribution in [2.24, 2.45) is 5.73 Å². The molecule has 0 fully saturated rings. The molecule has 2 heterocycles. The first-order valence-electron chi connectivity index (χ1n) is 6.36. The standard InChI is InChI=1S/C15H15N3S2/c1-9-6-11-12(7-10(9)2)18(8-14(16)19)15(17-11)13-4-3-5-20-13/h3-7H,8H2,1-2H3,(H2,16,19). The molecule has 102 valence electrons. The molecule has 0 amide bonds. The van der Waals surface area contributed by atoms with Gasteiger partial charge in [0.15, 0.2) is 5.82 Å². The topological polar surface area (TPSA) is 43.8 Å². The van der Waals surface area contributed by atoms with Crippen molar-refractivity contribution in [3.63, 3.8) is 0 Å². The zero-order valence-electron chi connectivity index (χ0n) is 11.4. The van der Waals surface area contributed by atoms with Gasteiger partial charge in [0.25, 0.3) is 0 Å². The van der Waals surface area contributed by atoms with Crippen molar-refractivity contribution in [2.75, 3.05) is 0 Å². The Labute approximate surface area is 127 Å². The van der Waals surface area contributed by atoms with Gasteiger partial charge in [0.1, 0.15) is 0 Å². The average Bonchev–Trinajstić information content (AvgIpc) is 2.99. The van der Waals surface area contributed by atoms with E-state index in [9.17, 15) is 0 Å². The summed E-state index contributed by atoms with van der Waals surface area (Å²) in [5, 5.41) is 2.05. The lowest BCUT2D eigenvalue weighted by molar-refractivity contribution is 0.897. The maximum atomic E-state index is 5.75. The monoisotopic (exact) mass is 301 g/mol. The third-order valence-electron chi connectivity index (χ3n) is 3.42. The van der Waals surface area contributed by atoms with Crippen molar-refractivity contribution in [2.45, 2.75) is 20.4 Å². The van der Waals surface area contributed by atoms with Gasteiger partial charge in [0.2, 0.25) is 0 Å². The van der Waals surface area contributed by atoms with Gasteiger partial charge in [-0.1, -0.05) is 18.3 Å².